The van der Waals surface area contributed by atoms with E-state index in [4.69, 9.17) is 23.4 Å². The number of aliphatic hydroxyl groups is 7. The number of fused-ring (bicyclic) bond motifs is 1. The fourth-order valence-electron chi connectivity index (χ4n) is 4.89. The molecule has 2 saturated heterocycles. The molecule has 16 nitrogen and oxygen atoms in total. The second-order valence-corrected chi connectivity index (χ2v) is 10.1. The molecule has 2 aromatic carbocycles. The van der Waals surface area contributed by atoms with Gasteiger partial charge in [-0.05, 0) is 12.1 Å². The van der Waals surface area contributed by atoms with Gasteiger partial charge in [0.15, 0.2) is 23.9 Å². The molecular weight excluding hydrogens is 580 g/mol. The Hall–Kier alpha value is -3.55. The van der Waals surface area contributed by atoms with E-state index in [2.05, 4.69) is 0 Å². The van der Waals surface area contributed by atoms with Gasteiger partial charge in [0.25, 0.3) is 0 Å². The summed E-state index contributed by atoms with van der Waals surface area (Å²) in [7, 11) is 0. The largest absolute Gasteiger partial charge is 0.507 e. The predicted octanol–water partition coefficient (Wildman–Crippen LogP) is -1.79. The summed E-state index contributed by atoms with van der Waals surface area (Å²) in [6.45, 7) is -1.56. The summed E-state index contributed by atoms with van der Waals surface area (Å²) >= 11 is 0. The van der Waals surface area contributed by atoms with Gasteiger partial charge in [-0.2, -0.15) is 0 Å². The third kappa shape index (κ3) is 5.85. The Morgan fingerprint density at radius 2 is 1.33 bits per heavy atom. The minimum atomic E-state index is -1.89. The van der Waals surface area contributed by atoms with Crippen LogP contribution >= 0.6 is 0 Å². The van der Waals surface area contributed by atoms with E-state index in [1.165, 1.54) is 18.2 Å². The van der Waals surface area contributed by atoms with Crippen LogP contribution in [0.3, 0.4) is 0 Å². The van der Waals surface area contributed by atoms with Gasteiger partial charge in [-0.1, -0.05) is 0 Å². The predicted molar refractivity (Wildman–Crippen MR) is 140 cm³/mol. The van der Waals surface area contributed by atoms with Crippen molar-refractivity contribution in [3.63, 3.8) is 0 Å². The zero-order valence-electron chi connectivity index (χ0n) is 22.1. The lowest BCUT2D eigenvalue weighted by atomic mass is 9.97. The van der Waals surface area contributed by atoms with E-state index in [0.29, 0.717) is 0 Å². The summed E-state index contributed by atoms with van der Waals surface area (Å²) in [5.74, 6) is -2.13. The Morgan fingerprint density at radius 3 is 1.98 bits per heavy atom. The van der Waals surface area contributed by atoms with Crippen LogP contribution < -0.4 is 4.74 Å². The van der Waals surface area contributed by atoms with E-state index in [1.807, 2.05) is 0 Å². The van der Waals surface area contributed by atoms with Crippen molar-refractivity contribution in [2.75, 3.05) is 13.2 Å². The van der Waals surface area contributed by atoms with Crippen molar-refractivity contribution >= 4 is 11.0 Å². The van der Waals surface area contributed by atoms with Crippen molar-refractivity contribution < 1.29 is 79.5 Å². The van der Waals surface area contributed by atoms with Crippen LogP contribution in [0.4, 0.5) is 0 Å². The number of aromatic hydroxyl groups is 4. The first kappa shape index (κ1) is 30.9. The lowest BCUT2D eigenvalue weighted by Gasteiger charge is -2.45. The molecule has 234 valence electrons. The van der Waals surface area contributed by atoms with Crippen molar-refractivity contribution in [2.24, 2.45) is 0 Å². The highest BCUT2D eigenvalue weighted by molar-refractivity contribution is 5.88. The van der Waals surface area contributed by atoms with Gasteiger partial charge in [-0.3, -0.25) is 0 Å². The molecule has 3 aromatic rings. The van der Waals surface area contributed by atoms with E-state index in [1.54, 1.807) is 0 Å². The molecule has 16 heteroatoms. The van der Waals surface area contributed by atoms with Gasteiger partial charge in [0.05, 0.1) is 24.8 Å². The number of phenolic OH excluding ortho intramolecular Hbond substituents is 4. The van der Waals surface area contributed by atoms with E-state index >= 15 is 0 Å². The van der Waals surface area contributed by atoms with E-state index in [9.17, 15) is 56.2 Å². The Balaban J connectivity index is 1.57. The summed E-state index contributed by atoms with van der Waals surface area (Å²) in [4.78, 5) is 0. The molecule has 10 atom stereocenters. The van der Waals surface area contributed by atoms with Crippen LogP contribution in [0.1, 0.15) is 0 Å². The van der Waals surface area contributed by atoms with E-state index < -0.39 is 91.9 Å². The normalized spacial score (nSPS) is 33.0. The number of phenols is 4. The third-order valence-electron chi connectivity index (χ3n) is 7.26. The molecule has 2 aliphatic rings. The molecule has 1 aromatic heterocycles. The van der Waals surface area contributed by atoms with Gasteiger partial charge >= 0.3 is 11.3 Å². The number of hydrogen-bond donors (Lipinski definition) is 11. The smallest absolute Gasteiger partial charge is 0.402 e. The van der Waals surface area contributed by atoms with Crippen molar-refractivity contribution in [1.82, 2.24) is 0 Å². The molecule has 43 heavy (non-hydrogen) atoms. The summed E-state index contributed by atoms with van der Waals surface area (Å²) in [5, 5.41) is 112. The number of aliphatic hydroxyl groups excluding tert-OH is 7. The van der Waals surface area contributed by atoms with Crippen molar-refractivity contribution in [3.05, 3.63) is 36.4 Å². The van der Waals surface area contributed by atoms with Crippen LogP contribution in [0.25, 0.3) is 22.3 Å². The first-order valence-electron chi connectivity index (χ1n) is 13.0. The molecule has 11 N–H and O–H groups in total. The van der Waals surface area contributed by atoms with E-state index in [0.717, 1.165) is 18.2 Å². The second kappa shape index (κ2) is 12.2. The lowest BCUT2D eigenvalue weighted by Crippen LogP contribution is -2.65. The second-order valence-electron chi connectivity index (χ2n) is 10.1. The molecule has 5 rings (SSSR count). The zero-order chi connectivity index (χ0) is 31.2. The fraction of sp³-hybridized carbons (Fsp3) is 0.444. The molecule has 2 aliphatic heterocycles. The Morgan fingerprint density at radius 1 is 0.674 bits per heavy atom. The average Bonchev–Trinajstić information content (AvgIpc) is 2.98. The molecule has 2 fully saturated rings. The van der Waals surface area contributed by atoms with Gasteiger partial charge in [0.2, 0.25) is 12.0 Å². The first-order valence-corrected chi connectivity index (χ1v) is 13.0. The van der Waals surface area contributed by atoms with E-state index in [-0.39, 0.29) is 33.8 Å². The zero-order valence-corrected chi connectivity index (χ0v) is 22.1. The lowest BCUT2D eigenvalue weighted by molar-refractivity contribution is -0.357. The molecule has 0 amide bonds. The minimum absolute atomic E-state index is 0.0288. The monoisotopic (exact) mass is 611 g/mol. The summed E-state index contributed by atoms with van der Waals surface area (Å²) in [6.07, 6.45) is -17.1. The van der Waals surface area contributed by atoms with Crippen molar-refractivity contribution in [3.8, 4) is 40.1 Å². The topological polar surface area (TPSA) is 271 Å². The maximum atomic E-state index is 10.9. The number of hydrogen-bond acceptors (Lipinski definition) is 15. The first-order chi connectivity index (χ1) is 20.4. The third-order valence-corrected chi connectivity index (χ3v) is 7.26. The van der Waals surface area contributed by atoms with Gasteiger partial charge < -0.3 is 75.1 Å². The van der Waals surface area contributed by atoms with Crippen LogP contribution in [0.15, 0.2) is 40.8 Å². The fourth-order valence-corrected chi connectivity index (χ4v) is 4.89. The van der Waals surface area contributed by atoms with Crippen LogP contribution in [0, 0.1) is 0 Å². The average molecular weight is 612 g/mol. The van der Waals surface area contributed by atoms with Crippen LogP contribution in [-0.4, -0.2) is 131 Å². The molecule has 0 spiro atoms. The van der Waals surface area contributed by atoms with Gasteiger partial charge in [-0.15, -0.1) is 0 Å². The molecule has 0 radical (unpaired) electrons. The minimum Gasteiger partial charge on any atom is -0.507 e. The Bertz CT molecular complexity index is 1450. The summed E-state index contributed by atoms with van der Waals surface area (Å²) in [5.41, 5.74) is 0.0892. The van der Waals surface area contributed by atoms with Crippen molar-refractivity contribution in [2.45, 2.75) is 61.4 Å². The van der Waals surface area contributed by atoms with Crippen LogP contribution in [0.2, 0.25) is 0 Å². The molecule has 0 aliphatic carbocycles. The van der Waals surface area contributed by atoms with Gasteiger partial charge in [-0.25, -0.2) is 4.42 Å². The summed E-state index contributed by atoms with van der Waals surface area (Å²) < 4.78 is 28.6. The highest BCUT2D eigenvalue weighted by Gasteiger charge is 2.51. The van der Waals surface area contributed by atoms with Crippen LogP contribution in [0.5, 0.6) is 28.7 Å². The molecule has 0 unspecified atom stereocenters. The maximum Gasteiger partial charge on any atom is 0.402 e. The van der Waals surface area contributed by atoms with Gasteiger partial charge in [0.1, 0.15) is 59.6 Å². The Kier molecular flexibility index (Phi) is 8.77. The molecule has 0 saturated carbocycles. The van der Waals surface area contributed by atoms with Crippen molar-refractivity contribution in [1.29, 1.82) is 0 Å². The Labute approximate surface area is 242 Å². The standard InChI is InChI=1S/C27H30O16/c28-7-17-19(34)21(36)23(38)26(41-17)43-25-22(37)20(35)18(8-29)42-27(25)40-16-6-11-13(32)4-10(30)5-15(11)39-24(16)9-1-2-12(31)14(33)3-9/h1-6,17-23,25-29,34-38H,7-8H2,(H3-,30,31,32,33)/p+1/t17-,18+,19-,20+,21+,22-,23+,25+,26-,27+/m0/s1. The highest BCUT2D eigenvalue weighted by atomic mass is 16.8. The quantitative estimate of drug-likeness (QED) is 0.104. The molecule has 0 bridgehead atoms. The van der Waals surface area contributed by atoms with Crippen LogP contribution in [-0.2, 0) is 14.2 Å². The van der Waals surface area contributed by atoms with Gasteiger partial charge in [0, 0.05) is 18.2 Å². The number of benzene rings is 2. The number of rotatable bonds is 7. The highest BCUT2D eigenvalue weighted by Crippen LogP contribution is 2.42. The number of ether oxygens (including phenoxy) is 4. The maximum absolute atomic E-state index is 10.9. The molecular formula is C27H31O16+. The molecule has 3 heterocycles. The summed E-state index contributed by atoms with van der Waals surface area (Å²) in [6, 6.07) is 7.08. The SMILES string of the molecule is OC[C@@H]1O[C@@H](O[C@H]2[C@H](Oc3cc4c(O)cc(O)cc4[o+]c3-c3ccc(O)c(O)c3)O[C@H](CO)[C@@H](O)[C@@H]2O)[C@H](O)[C@H](O)[C@H]1O.